The Morgan fingerprint density at radius 1 is 1.25 bits per heavy atom. The van der Waals surface area contributed by atoms with Crippen molar-refractivity contribution >= 4 is 12.0 Å². The van der Waals surface area contributed by atoms with Crippen LogP contribution >= 0.6 is 0 Å². The van der Waals surface area contributed by atoms with E-state index in [-0.39, 0.29) is 23.8 Å². The van der Waals surface area contributed by atoms with E-state index in [2.05, 4.69) is 5.32 Å². The first-order valence-corrected chi connectivity index (χ1v) is 8.26. The molecule has 0 saturated carbocycles. The van der Waals surface area contributed by atoms with Gasteiger partial charge in [-0.1, -0.05) is 13.0 Å². The molecule has 0 fully saturated rings. The van der Waals surface area contributed by atoms with Crippen molar-refractivity contribution in [1.29, 1.82) is 0 Å². The summed E-state index contributed by atoms with van der Waals surface area (Å²) in [5.41, 5.74) is 0.664. The lowest BCUT2D eigenvalue weighted by Crippen LogP contribution is -2.41. The fourth-order valence-electron chi connectivity index (χ4n) is 2.09. The summed E-state index contributed by atoms with van der Waals surface area (Å²) in [6.45, 7) is 10.4. The van der Waals surface area contributed by atoms with Crippen molar-refractivity contribution in [2.24, 2.45) is 0 Å². The van der Waals surface area contributed by atoms with Crippen LogP contribution in [0, 0.1) is 0 Å². The van der Waals surface area contributed by atoms with E-state index in [1.165, 1.54) is 11.0 Å². The Bertz CT molecular complexity index is 579. The molecule has 0 saturated heterocycles. The van der Waals surface area contributed by atoms with Crippen LogP contribution in [0.3, 0.4) is 0 Å². The highest BCUT2D eigenvalue weighted by Gasteiger charge is 2.21. The number of aryl methyl sites for hydroxylation is 1. The van der Waals surface area contributed by atoms with Gasteiger partial charge < -0.3 is 20.1 Å². The van der Waals surface area contributed by atoms with Gasteiger partial charge in [0.1, 0.15) is 11.4 Å². The maximum absolute atomic E-state index is 12.2. The lowest BCUT2D eigenvalue weighted by molar-refractivity contribution is 0.0260. The lowest BCUT2D eigenvalue weighted by atomic mass is 10.1. The molecule has 1 rings (SSSR count). The number of hydrogen-bond acceptors (Lipinski definition) is 4. The third-order valence-corrected chi connectivity index (χ3v) is 3.41. The van der Waals surface area contributed by atoms with E-state index in [0.29, 0.717) is 13.1 Å². The summed E-state index contributed by atoms with van der Waals surface area (Å²) in [6, 6.07) is 4.98. The number of phenolic OH excluding ortho intramolecular Hbond substituents is 1. The topological polar surface area (TPSA) is 78.9 Å². The number of phenols is 1. The molecule has 24 heavy (non-hydrogen) atoms. The molecular formula is C18H28N2O4. The number of ether oxygens (including phenoxy) is 1. The van der Waals surface area contributed by atoms with E-state index in [9.17, 15) is 14.7 Å². The summed E-state index contributed by atoms with van der Waals surface area (Å²) in [6.07, 6.45) is 0.373. The van der Waals surface area contributed by atoms with E-state index >= 15 is 0 Å². The summed E-state index contributed by atoms with van der Waals surface area (Å²) < 4.78 is 5.32. The molecule has 0 atom stereocenters. The first kappa shape index (κ1) is 19.8. The molecule has 0 aromatic heterocycles. The van der Waals surface area contributed by atoms with Gasteiger partial charge in [-0.15, -0.1) is 0 Å². The van der Waals surface area contributed by atoms with Crippen LogP contribution in [0.2, 0.25) is 0 Å². The lowest BCUT2D eigenvalue weighted by Gasteiger charge is -2.26. The molecule has 0 aliphatic carbocycles. The van der Waals surface area contributed by atoms with Crippen LogP contribution in [0.25, 0.3) is 0 Å². The molecule has 0 bridgehead atoms. The van der Waals surface area contributed by atoms with Gasteiger partial charge in [0.2, 0.25) is 0 Å². The minimum atomic E-state index is -0.555. The number of nitrogens with zero attached hydrogens (tertiary/aromatic N) is 1. The van der Waals surface area contributed by atoms with Crippen molar-refractivity contribution in [2.75, 3.05) is 19.6 Å². The maximum atomic E-state index is 12.2. The van der Waals surface area contributed by atoms with Crippen LogP contribution in [0.5, 0.6) is 5.75 Å². The number of rotatable bonds is 6. The van der Waals surface area contributed by atoms with E-state index < -0.39 is 11.7 Å². The largest absolute Gasteiger partial charge is 0.507 e. The van der Waals surface area contributed by atoms with Crippen LogP contribution in [-0.2, 0) is 11.2 Å². The molecule has 0 aliphatic heterocycles. The number of benzene rings is 1. The summed E-state index contributed by atoms with van der Waals surface area (Å²) in [5.74, 6) is -0.410. The van der Waals surface area contributed by atoms with Gasteiger partial charge in [0.25, 0.3) is 5.91 Å². The minimum Gasteiger partial charge on any atom is -0.507 e. The molecule has 6 heteroatoms. The van der Waals surface area contributed by atoms with Gasteiger partial charge in [-0.3, -0.25) is 4.79 Å². The number of likely N-dealkylation sites (N-methyl/N-ethyl adjacent to an activating group) is 1. The smallest absolute Gasteiger partial charge is 0.410 e. The van der Waals surface area contributed by atoms with Crippen LogP contribution in [0.1, 0.15) is 50.5 Å². The van der Waals surface area contributed by atoms with E-state index in [1.54, 1.807) is 12.1 Å². The molecular weight excluding hydrogens is 308 g/mol. The highest BCUT2D eigenvalue weighted by molar-refractivity contribution is 5.97. The Balaban J connectivity index is 2.59. The molecule has 2 N–H and O–H groups in total. The van der Waals surface area contributed by atoms with Gasteiger partial charge in [-0.05, 0) is 51.8 Å². The molecule has 0 spiro atoms. The zero-order valence-electron chi connectivity index (χ0n) is 15.2. The standard InChI is InChI=1S/C18H28N2O4/c1-6-13-8-9-15(21)14(12-13)16(22)19-10-11-20(7-2)17(23)24-18(3,4)5/h8-9,12,21H,6-7,10-11H2,1-5H3,(H,19,22). The van der Waals surface area contributed by atoms with Gasteiger partial charge in [0.05, 0.1) is 5.56 Å². The average molecular weight is 336 g/mol. The molecule has 134 valence electrons. The summed E-state index contributed by atoms with van der Waals surface area (Å²) in [4.78, 5) is 25.7. The molecule has 1 aromatic rings. The van der Waals surface area contributed by atoms with Crippen LogP contribution in [0.15, 0.2) is 18.2 Å². The average Bonchev–Trinajstić information content (AvgIpc) is 2.50. The second-order valence-electron chi connectivity index (χ2n) is 6.52. The van der Waals surface area contributed by atoms with E-state index in [0.717, 1.165) is 12.0 Å². The normalized spacial score (nSPS) is 11.0. The van der Waals surface area contributed by atoms with Gasteiger partial charge in [0, 0.05) is 19.6 Å². The molecule has 0 aliphatic rings. The van der Waals surface area contributed by atoms with Crippen molar-refractivity contribution < 1.29 is 19.4 Å². The highest BCUT2D eigenvalue weighted by Crippen LogP contribution is 2.18. The Kier molecular flexibility index (Phi) is 7.07. The molecule has 0 unspecified atom stereocenters. The van der Waals surface area contributed by atoms with Crippen molar-refractivity contribution in [3.8, 4) is 5.75 Å². The number of amides is 2. The number of carbonyl (C=O) groups excluding carboxylic acids is 2. The predicted octanol–water partition coefficient (Wildman–Crippen LogP) is 2.94. The van der Waals surface area contributed by atoms with Crippen LogP contribution in [-0.4, -0.2) is 47.2 Å². The van der Waals surface area contributed by atoms with Gasteiger partial charge in [-0.2, -0.15) is 0 Å². The first-order valence-electron chi connectivity index (χ1n) is 8.26. The highest BCUT2D eigenvalue weighted by atomic mass is 16.6. The summed E-state index contributed by atoms with van der Waals surface area (Å²) in [7, 11) is 0. The van der Waals surface area contributed by atoms with Gasteiger partial charge in [-0.25, -0.2) is 4.79 Å². The van der Waals surface area contributed by atoms with Crippen molar-refractivity contribution in [1.82, 2.24) is 10.2 Å². The second-order valence-corrected chi connectivity index (χ2v) is 6.52. The quantitative estimate of drug-likeness (QED) is 0.837. The minimum absolute atomic E-state index is 0.0517. The number of nitrogens with one attached hydrogen (secondary N) is 1. The molecule has 0 heterocycles. The van der Waals surface area contributed by atoms with Crippen LogP contribution < -0.4 is 5.32 Å². The predicted molar refractivity (Wildman–Crippen MR) is 93.3 cm³/mol. The Morgan fingerprint density at radius 3 is 2.46 bits per heavy atom. The van der Waals surface area contributed by atoms with Crippen molar-refractivity contribution in [3.05, 3.63) is 29.3 Å². The van der Waals surface area contributed by atoms with Gasteiger partial charge >= 0.3 is 6.09 Å². The molecule has 2 amide bonds. The number of carbonyl (C=O) groups is 2. The van der Waals surface area contributed by atoms with Crippen molar-refractivity contribution in [3.63, 3.8) is 0 Å². The van der Waals surface area contributed by atoms with E-state index in [1.807, 2.05) is 34.6 Å². The first-order chi connectivity index (χ1) is 11.2. The maximum Gasteiger partial charge on any atom is 0.410 e. The Labute approximate surface area is 143 Å². The molecule has 1 aromatic carbocycles. The van der Waals surface area contributed by atoms with Crippen molar-refractivity contribution in [2.45, 2.75) is 46.6 Å². The monoisotopic (exact) mass is 336 g/mol. The zero-order chi connectivity index (χ0) is 18.3. The third kappa shape index (κ3) is 6.10. The van der Waals surface area contributed by atoms with E-state index in [4.69, 9.17) is 4.74 Å². The summed E-state index contributed by atoms with van der Waals surface area (Å²) in [5, 5.41) is 12.6. The molecule has 6 nitrogen and oxygen atoms in total. The number of aromatic hydroxyl groups is 1. The molecule has 0 radical (unpaired) electrons. The summed E-state index contributed by atoms with van der Waals surface area (Å²) >= 11 is 0. The van der Waals surface area contributed by atoms with Gasteiger partial charge in [0.15, 0.2) is 0 Å². The number of hydrogen-bond donors (Lipinski definition) is 2. The second kappa shape index (κ2) is 8.57. The fourth-order valence-corrected chi connectivity index (χ4v) is 2.09. The SMILES string of the molecule is CCc1ccc(O)c(C(=O)NCCN(CC)C(=O)OC(C)(C)C)c1. The fraction of sp³-hybridized carbons (Fsp3) is 0.556. The van der Waals surface area contributed by atoms with Crippen LogP contribution in [0.4, 0.5) is 4.79 Å². The zero-order valence-corrected chi connectivity index (χ0v) is 15.2. The Hall–Kier alpha value is -2.24. The third-order valence-electron chi connectivity index (χ3n) is 3.41. The Morgan fingerprint density at radius 2 is 1.92 bits per heavy atom.